The molecule has 2 rings (SSSR count). The van der Waals surface area contributed by atoms with Crippen molar-refractivity contribution in [1.29, 1.82) is 0 Å². The first kappa shape index (κ1) is 15.8. The largest absolute Gasteiger partial charge is 0.497 e. The van der Waals surface area contributed by atoms with E-state index in [0.717, 1.165) is 37.2 Å². The standard InChI is InChI=1S/C14H20N2O2.ClH/c1-18-13-6-4-11(5-7-13)9-16-14(17)12-3-2-8-15-10-12;/h4-7,12,15H,2-3,8-10H2,1H3,(H,16,17);1H/t12-;/m1./s1. The van der Waals surface area contributed by atoms with Crippen LogP contribution < -0.4 is 15.4 Å². The van der Waals surface area contributed by atoms with Gasteiger partial charge < -0.3 is 15.4 Å². The summed E-state index contributed by atoms with van der Waals surface area (Å²) in [5.74, 6) is 1.11. The molecule has 1 aliphatic rings. The summed E-state index contributed by atoms with van der Waals surface area (Å²) in [6, 6.07) is 7.75. The van der Waals surface area contributed by atoms with Crippen molar-refractivity contribution in [3.8, 4) is 5.75 Å². The average molecular weight is 285 g/mol. The molecule has 1 heterocycles. The van der Waals surface area contributed by atoms with Crippen LogP contribution in [0.15, 0.2) is 24.3 Å². The van der Waals surface area contributed by atoms with Crippen molar-refractivity contribution >= 4 is 18.3 Å². The molecule has 1 aliphatic heterocycles. The van der Waals surface area contributed by atoms with Gasteiger partial charge in [0.1, 0.15) is 5.75 Å². The van der Waals surface area contributed by atoms with Crippen molar-refractivity contribution in [2.45, 2.75) is 19.4 Å². The third-order valence-corrected chi connectivity index (χ3v) is 3.29. The summed E-state index contributed by atoms with van der Waals surface area (Å²) in [6.07, 6.45) is 2.07. The first-order valence-corrected chi connectivity index (χ1v) is 6.41. The van der Waals surface area contributed by atoms with Gasteiger partial charge in [-0.05, 0) is 37.1 Å². The SMILES string of the molecule is COc1ccc(CNC(=O)[C@@H]2CCCNC2)cc1.Cl. The summed E-state index contributed by atoms with van der Waals surface area (Å²) in [6.45, 7) is 2.41. The minimum Gasteiger partial charge on any atom is -0.497 e. The molecule has 0 aliphatic carbocycles. The summed E-state index contributed by atoms with van der Waals surface area (Å²) in [4.78, 5) is 11.9. The predicted octanol–water partition coefficient (Wildman–Crippen LogP) is 1.73. The Balaban J connectivity index is 0.00000180. The second-order valence-corrected chi connectivity index (χ2v) is 4.61. The molecule has 0 unspecified atom stereocenters. The molecule has 1 fully saturated rings. The highest BCUT2D eigenvalue weighted by molar-refractivity contribution is 5.85. The molecule has 19 heavy (non-hydrogen) atoms. The molecule has 0 aromatic heterocycles. The van der Waals surface area contributed by atoms with Crippen LogP contribution in [0.2, 0.25) is 0 Å². The van der Waals surface area contributed by atoms with E-state index in [-0.39, 0.29) is 24.2 Å². The third-order valence-electron chi connectivity index (χ3n) is 3.29. The molecule has 1 saturated heterocycles. The topological polar surface area (TPSA) is 50.4 Å². The van der Waals surface area contributed by atoms with E-state index >= 15 is 0 Å². The van der Waals surface area contributed by atoms with Gasteiger partial charge in [0, 0.05) is 13.1 Å². The molecule has 2 N–H and O–H groups in total. The van der Waals surface area contributed by atoms with Gasteiger partial charge in [-0.3, -0.25) is 4.79 Å². The Hall–Kier alpha value is -1.26. The van der Waals surface area contributed by atoms with Gasteiger partial charge in [-0.2, -0.15) is 0 Å². The van der Waals surface area contributed by atoms with Gasteiger partial charge in [-0.25, -0.2) is 0 Å². The van der Waals surface area contributed by atoms with E-state index in [0.29, 0.717) is 6.54 Å². The Kier molecular flexibility index (Phi) is 6.67. The van der Waals surface area contributed by atoms with Gasteiger partial charge in [-0.1, -0.05) is 12.1 Å². The lowest BCUT2D eigenvalue weighted by Gasteiger charge is -2.21. The van der Waals surface area contributed by atoms with Gasteiger partial charge in [0.15, 0.2) is 0 Å². The van der Waals surface area contributed by atoms with E-state index in [1.54, 1.807) is 7.11 Å². The number of hydrogen-bond donors (Lipinski definition) is 2. The van der Waals surface area contributed by atoms with Gasteiger partial charge in [0.05, 0.1) is 13.0 Å². The van der Waals surface area contributed by atoms with E-state index in [4.69, 9.17) is 4.74 Å². The quantitative estimate of drug-likeness (QED) is 0.885. The van der Waals surface area contributed by atoms with E-state index in [1.807, 2.05) is 24.3 Å². The number of amides is 1. The molecule has 1 amide bonds. The lowest BCUT2D eigenvalue weighted by molar-refractivity contribution is -0.125. The molecule has 0 spiro atoms. The molecule has 1 aromatic carbocycles. The monoisotopic (exact) mass is 284 g/mol. The molecule has 1 atom stereocenters. The zero-order chi connectivity index (χ0) is 12.8. The second-order valence-electron chi connectivity index (χ2n) is 4.61. The Bertz CT molecular complexity index is 389. The van der Waals surface area contributed by atoms with Gasteiger partial charge in [-0.15, -0.1) is 12.4 Å². The highest BCUT2D eigenvalue weighted by Crippen LogP contribution is 2.12. The summed E-state index contributed by atoms with van der Waals surface area (Å²) < 4.78 is 5.09. The number of benzene rings is 1. The van der Waals surface area contributed by atoms with Crippen LogP contribution in [0, 0.1) is 5.92 Å². The van der Waals surface area contributed by atoms with Crippen molar-refractivity contribution in [1.82, 2.24) is 10.6 Å². The molecule has 0 bridgehead atoms. The maximum absolute atomic E-state index is 11.9. The number of piperidine rings is 1. The van der Waals surface area contributed by atoms with Crippen LogP contribution in [0.25, 0.3) is 0 Å². The van der Waals surface area contributed by atoms with Gasteiger partial charge >= 0.3 is 0 Å². The third kappa shape index (κ3) is 4.73. The number of methoxy groups -OCH3 is 1. The van der Waals surface area contributed by atoms with E-state index in [1.165, 1.54) is 0 Å². The normalized spacial score (nSPS) is 18.3. The van der Waals surface area contributed by atoms with Crippen molar-refractivity contribution < 1.29 is 9.53 Å². The van der Waals surface area contributed by atoms with Crippen LogP contribution in [0.3, 0.4) is 0 Å². The first-order chi connectivity index (χ1) is 8.79. The summed E-state index contributed by atoms with van der Waals surface area (Å²) in [5.41, 5.74) is 1.09. The minimum absolute atomic E-state index is 0. The maximum atomic E-state index is 11.9. The van der Waals surface area contributed by atoms with Crippen molar-refractivity contribution in [2.24, 2.45) is 5.92 Å². The molecule has 4 nitrogen and oxygen atoms in total. The Morgan fingerprint density at radius 2 is 2.16 bits per heavy atom. The second kappa shape index (κ2) is 8.02. The number of carbonyl (C=O) groups excluding carboxylic acids is 1. The fraction of sp³-hybridized carbons (Fsp3) is 0.500. The van der Waals surface area contributed by atoms with Crippen LogP contribution >= 0.6 is 12.4 Å². The first-order valence-electron chi connectivity index (χ1n) is 6.41. The highest BCUT2D eigenvalue weighted by Gasteiger charge is 2.20. The molecule has 5 heteroatoms. The number of ether oxygens (including phenoxy) is 1. The van der Waals surface area contributed by atoms with Crippen LogP contribution in [-0.4, -0.2) is 26.1 Å². The van der Waals surface area contributed by atoms with E-state index < -0.39 is 0 Å². The van der Waals surface area contributed by atoms with Gasteiger partial charge in [0.25, 0.3) is 0 Å². The predicted molar refractivity (Wildman–Crippen MR) is 77.7 cm³/mol. The fourth-order valence-corrected chi connectivity index (χ4v) is 2.15. The average Bonchev–Trinajstić information content (AvgIpc) is 2.46. The summed E-state index contributed by atoms with van der Waals surface area (Å²) >= 11 is 0. The maximum Gasteiger partial charge on any atom is 0.224 e. The summed E-state index contributed by atoms with van der Waals surface area (Å²) in [5, 5.41) is 6.24. The van der Waals surface area contributed by atoms with Crippen molar-refractivity contribution in [2.75, 3.05) is 20.2 Å². The van der Waals surface area contributed by atoms with Crippen LogP contribution in [0.4, 0.5) is 0 Å². The lowest BCUT2D eigenvalue weighted by atomic mass is 9.99. The Morgan fingerprint density at radius 1 is 1.42 bits per heavy atom. The van der Waals surface area contributed by atoms with Crippen molar-refractivity contribution in [3.63, 3.8) is 0 Å². The lowest BCUT2D eigenvalue weighted by Crippen LogP contribution is -2.40. The number of rotatable bonds is 4. The molecule has 106 valence electrons. The number of carbonyl (C=O) groups is 1. The van der Waals surface area contributed by atoms with E-state index in [9.17, 15) is 4.79 Å². The molecule has 0 saturated carbocycles. The van der Waals surface area contributed by atoms with Crippen LogP contribution in [-0.2, 0) is 11.3 Å². The Labute approximate surface area is 120 Å². The number of hydrogen-bond acceptors (Lipinski definition) is 3. The zero-order valence-electron chi connectivity index (χ0n) is 11.1. The molecular formula is C14H21ClN2O2. The number of halogens is 1. The van der Waals surface area contributed by atoms with Crippen LogP contribution in [0.1, 0.15) is 18.4 Å². The Morgan fingerprint density at radius 3 is 2.74 bits per heavy atom. The van der Waals surface area contributed by atoms with E-state index in [2.05, 4.69) is 10.6 Å². The molecule has 1 aromatic rings. The van der Waals surface area contributed by atoms with Crippen molar-refractivity contribution in [3.05, 3.63) is 29.8 Å². The van der Waals surface area contributed by atoms with Crippen LogP contribution in [0.5, 0.6) is 5.75 Å². The number of nitrogens with one attached hydrogen (secondary N) is 2. The van der Waals surface area contributed by atoms with Gasteiger partial charge in [0.2, 0.25) is 5.91 Å². The molecule has 0 radical (unpaired) electrons. The highest BCUT2D eigenvalue weighted by atomic mass is 35.5. The smallest absolute Gasteiger partial charge is 0.224 e. The summed E-state index contributed by atoms with van der Waals surface area (Å²) in [7, 11) is 1.65. The minimum atomic E-state index is 0. The molecular weight excluding hydrogens is 264 g/mol. The fourth-order valence-electron chi connectivity index (χ4n) is 2.15. The zero-order valence-corrected chi connectivity index (χ0v) is 12.0.